The Balaban J connectivity index is 1.55. The summed E-state index contributed by atoms with van der Waals surface area (Å²) in [5.74, 6) is 0.130. The van der Waals surface area contributed by atoms with Gasteiger partial charge < -0.3 is 11.1 Å². The molecule has 0 aliphatic carbocycles. The van der Waals surface area contributed by atoms with E-state index < -0.39 is 0 Å². The summed E-state index contributed by atoms with van der Waals surface area (Å²) in [6.07, 6.45) is 6.93. The number of rotatable bonds is 4. The Labute approximate surface area is 181 Å². The first kappa shape index (κ1) is 19.0. The van der Waals surface area contributed by atoms with Crippen molar-refractivity contribution < 1.29 is 4.79 Å². The summed E-state index contributed by atoms with van der Waals surface area (Å²) in [5, 5.41) is 6.71. The first-order valence-corrected chi connectivity index (χ1v) is 10.4. The maximum absolute atomic E-state index is 13.1. The lowest BCUT2D eigenvalue weighted by molar-refractivity contribution is 0.102. The van der Waals surface area contributed by atoms with Crippen LogP contribution in [0.4, 0.5) is 11.5 Å². The van der Waals surface area contributed by atoms with E-state index in [1.807, 2.05) is 31.2 Å². The second kappa shape index (κ2) is 7.69. The first-order chi connectivity index (χ1) is 15.1. The van der Waals surface area contributed by atoms with Crippen molar-refractivity contribution in [2.45, 2.75) is 13.3 Å². The number of nitrogen functional groups attached to an aromatic ring is 1. The van der Waals surface area contributed by atoms with Crippen LogP contribution >= 0.6 is 11.3 Å². The van der Waals surface area contributed by atoms with Gasteiger partial charge in [0.15, 0.2) is 0 Å². The molecule has 9 heteroatoms. The summed E-state index contributed by atoms with van der Waals surface area (Å²) in [7, 11) is 0. The molecule has 0 fully saturated rings. The molecule has 4 aromatic heterocycles. The van der Waals surface area contributed by atoms with Gasteiger partial charge in [0, 0.05) is 40.7 Å². The highest BCUT2D eigenvalue weighted by atomic mass is 32.1. The van der Waals surface area contributed by atoms with E-state index in [-0.39, 0.29) is 5.91 Å². The zero-order valence-electron chi connectivity index (χ0n) is 16.5. The smallest absolute Gasteiger partial charge is 0.258 e. The molecule has 8 nitrogen and oxygen atoms in total. The minimum Gasteiger partial charge on any atom is -0.382 e. The van der Waals surface area contributed by atoms with Gasteiger partial charge in [0.1, 0.15) is 18.5 Å². The summed E-state index contributed by atoms with van der Waals surface area (Å²) >= 11 is 1.36. The zero-order valence-corrected chi connectivity index (χ0v) is 17.3. The highest BCUT2D eigenvalue weighted by Gasteiger charge is 2.18. The number of pyridine rings is 1. The van der Waals surface area contributed by atoms with Gasteiger partial charge in [-0.3, -0.25) is 9.78 Å². The van der Waals surface area contributed by atoms with Crippen molar-refractivity contribution in [1.29, 1.82) is 0 Å². The standard InChI is InChI=1S/C22H17N7OS/c1-12-2-3-14-15(5-7-25-17(14)8-13-4-6-24-10-26-13)18(12)29-22(30)16-9-31-20-19(16)27-11-28-21(20)23/h2-7,9-11H,8H2,1H3,(H,29,30)(H2,23,27,28). The molecule has 0 unspecified atom stereocenters. The van der Waals surface area contributed by atoms with Gasteiger partial charge in [0.2, 0.25) is 0 Å². The predicted octanol–water partition coefficient (Wildman–Crippen LogP) is 3.76. The van der Waals surface area contributed by atoms with Crippen LogP contribution < -0.4 is 11.1 Å². The van der Waals surface area contributed by atoms with Crippen molar-refractivity contribution in [3.63, 3.8) is 0 Å². The van der Waals surface area contributed by atoms with Gasteiger partial charge in [0.25, 0.3) is 5.91 Å². The molecular weight excluding hydrogens is 410 g/mol. The van der Waals surface area contributed by atoms with E-state index in [1.54, 1.807) is 17.8 Å². The maximum Gasteiger partial charge on any atom is 0.258 e. The molecule has 1 amide bonds. The normalized spacial score (nSPS) is 11.1. The summed E-state index contributed by atoms with van der Waals surface area (Å²) in [6, 6.07) is 7.78. The lowest BCUT2D eigenvalue weighted by Crippen LogP contribution is -2.13. The molecule has 31 heavy (non-hydrogen) atoms. The number of thiophene rings is 1. The summed E-state index contributed by atoms with van der Waals surface area (Å²) in [6.45, 7) is 1.96. The van der Waals surface area contributed by atoms with Crippen molar-refractivity contribution >= 4 is 49.7 Å². The Morgan fingerprint density at radius 1 is 1.03 bits per heavy atom. The maximum atomic E-state index is 13.1. The molecule has 0 aliphatic heterocycles. The van der Waals surface area contributed by atoms with Gasteiger partial charge in [-0.1, -0.05) is 12.1 Å². The van der Waals surface area contributed by atoms with Crippen LogP contribution in [-0.2, 0) is 6.42 Å². The van der Waals surface area contributed by atoms with E-state index >= 15 is 0 Å². The average Bonchev–Trinajstić information content (AvgIpc) is 3.22. The topological polar surface area (TPSA) is 120 Å². The van der Waals surface area contributed by atoms with E-state index in [1.165, 1.54) is 24.0 Å². The molecule has 152 valence electrons. The third kappa shape index (κ3) is 3.44. The summed E-state index contributed by atoms with van der Waals surface area (Å²) < 4.78 is 0.707. The third-order valence-electron chi connectivity index (χ3n) is 5.09. The van der Waals surface area contributed by atoms with Gasteiger partial charge >= 0.3 is 0 Å². The third-order valence-corrected chi connectivity index (χ3v) is 6.08. The summed E-state index contributed by atoms with van der Waals surface area (Å²) in [4.78, 5) is 34.2. The van der Waals surface area contributed by atoms with Crippen LogP contribution in [0.25, 0.3) is 21.0 Å². The highest BCUT2D eigenvalue weighted by molar-refractivity contribution is 7.18. The van der Waals surface area contributed by atoms with E-state index in [4.69, 9.17) is 5.73 Å². The number of hydrogen-bond acceptors (Lipinski definition) is 8. The Kier molecular flexibility index (Phi) is 4.72. The van der Waals surface area contributed by atoms with E-state index in [0.717, 1.165) is 33.4 Å². The van der Waals surface area contributed by atoms with Crippen molar-refractivity contribution in [1.82, 2.24) is 24.9 Å². The monoisotopic (exact) mass is 427 g/mol. The van der Waals surface area contributed by atoms with E-state index in [0.29, 0.717) is 28.0 Å². The molecule has 4 heterocycles. The molecule has 0 saturated heterocycles. The van der Waals surface area contributed by atoms with Crippen LogP contribution in [0, 0.1) is 6.92 Å². The molecular formula is C22H17N7OS. The molecule has 0 radical (unpaired) electrons. The average molecular weight is 427 g/mol. The van der Waals surface area contributed by atoms with Gasteiger partial charge in [-0.25, -0.2) is 19.9 Å². The van der Waals surface area contributed by atoms with Crippen molar-refractivity contribution in [2.75, 3.05) is 11.1 Å². The lowest BCUT2D eigenvalue weighted by atomic mass is 10.0. The molecule has 0 aliphatic rings. The quantitative estimate of drug-likeness (QED) is 0.448. The number of nitrogens with one attached hydrogen (secondary N) is 1. The van der Waals surface area contributed by atoms with Crippen LogP contribution in [0.15, 0.2) is 54.7 Å². The molecule has 1 aromatic carbocycles. The largest absolute Gasteiger partial charge is 0.382 e. The number of aromatic nitrogens is 5. The molecule has 5 aromatic rings. The number of amides is 1. The second-order valence-corrected chi connectivity index (χ2v) is 7.91. The zero-order chi connectivity index (χ0) is 21.4. The van der Waals surface area contributed by atoms with Gasteiger partial charge in [0.05, 0.1) is 27.2 Å². The van der Waals surface area contributed by atoms with E-state index in [9.17, 15) is 4.79 Å². The number of carbonyl (C=O) groups is 1. The summed E-state index contributed by atoms with van der Waals surface area (Å²) in [5.41, 5.74) is 10.4. The van der Waals surface area contributed by atoms with Gasteiger partial charge in [-0.15, -0.1) is 11.3 Å². The van der Waals surface area contributed by atoms with Crippen molar-refractivity contribution in [2.24, 2.45) is 0 Å². The lowest BCUT2D eigenvalue weighted by Gasteiger charge is -2.14. The molecule has 0 atom stereocenters. The second-order valence-electron chi connectivity index (χ2n) is 7.03. The van der Waals surface area contributed by atoms with Gasteiger partial charge in [-0.2, -0.15) is 0 Å². The van der Waals surface area contributed by atoms with Crippen molar-refractivity contribution in [3.8, 4) is 0 Å². The molecule has 0 bridgehead atoms. The van der Waals surface area contributed by atoms with E-state index in [2.05, 4.69) is 30.2 Å². The number of benzene rings is 1. The number of nitrogens with zero attached hydrogens (tertiary/aromatic N) is 5. The first-order valence-electron chi connectivity index (χ1n) is 9.53. The fraction of sp³-hybridized carbons (Fsp3) is 0.0909. The fourth-order valence-corrected chi connectivity index (χ4v) is 4.44. The van der Waals surface area contributed by atoms with Crippen LogP contribution in [0.2, 0.25) is 0 Å². The van der Waals surface area contributed by atoms with Crippen LogP contribution in [0.1, 0.15) is 27.3 Å². The SMILES string of the molecule is Cc1ccc2c(Cc3ccncn3)nccc2c1NC(=O)c1csc2c(N)ncnc12. The molecule has 5 rings (SSSR count). The van der Waals surface area contributed by atoms with Crippen LogP contribution in [-0.4, -0.2) is 30.8 Å². The minimum atomic E-state index is -0.242. The molecule has 0 saturated carbocycles. The minimum absolute atomic E-state index is 0.242. The molecule has 0 spiro atoms. The number of carbonyl (C=O) groups excluding carboxylic acids is 1. The van der Waals surface area contributed by atoms with Crippen LogP contribution in [0.3, 0.4) is 0 Å². The predicted molar refractivity (Wildman–Crippen MR) is 121 cm³/mol. The number of anilines is 2. The number of hydrogen-bond donors (Lipinski definition) is 2. The fourth-order valence-electron chi connectivity index (χ4n) is 3.54. The number of aryl methyl sites for hydroxylation is 1. The Morgan fingerprint density at radius 2 is 1.94 bits per heavy atom. The number of nitrogens with two attached hydrogens (primary N) is 1. The highest BCUT2D eigenvalue weighted by Crippen LogP contribution is 2.32. The van der Waals surface area contributed by atoms with Crippen molar-refractivity contribution in [3.05, 3.63) is 77.2 Å². The number of fused-ring (bicyclic) bond motifs is 2. The van der Waals surface area contributed by atoms with Crippen LogP contribution in [0.5, 0.6) is 0 Å². The van der Waals surface area contributed by atoms with Gasteiger partial charge in [-0.05, 0) is 24.6 Å². The Morgan fingerprint density at radius 3 is 2.77 bits per heavy atom. The Bertz CT molecular complexity index is 1430. The molecule has 3 N–H and O–H groups in total. The Hall–Kier alpha value is -3.98.